The van der Waals surface area contributed by atoms with Gasteiger partial charge in [-0.1, -0.05) is 25.7 Å². The fourth-order valence-corrected chi connectivity index (χ4v) is 3.35. The van der Waals surface area contributed by atoms with Crippen molar-refractivity contribution < 1.29 is 9.53 Å². The molecule has 2 N–H and O–H groups in total. The van der Waals surface area contributed by atoms with Gasteiger partial charge in [-0.05, 0) is 19.3 Å². The van der Waals surface area contributed by atoms with E-state index < -0.39 is 0 Å². The quantitative estimate of drug-likeness (QED) is 0.777. The van der Waals surface area contributed by atoms with E-state index in [0.29, 0.717) is 6.54 Å². The Bertz CT molecular complexity index is 286. The van der Waals surface area contributed by atoms with Crippen molar-refractivity contribution in [1.82, 2.24) is 4.90 Å². The minimum absolute atomic E-state index is 0.217. The van der Waals surface area contributed by atoms with Crippen molar-refractivity contribution in [2.75, 3.05) is 26.7 Å². The maximum atomic E-state index is 12.8. The molecule has 2 rings (SSSR count). The zero-order valence-corrected chi connectivity index (χ0v) is 11.5. The van der Waals surface area contributed by atoms with E-state index in [1.165, 1.54) is 12.8 Å². The van der Waals surface area contributed by atoms with Crippen molar-refractivity contribution in [3.8, 4) is 0 Å². The fourth-order valence-electron chi connectivity index (χ4n) is 3.35. The Labute approximate surface area is 110 Å². The van der Waals surface area contributed by atoms with Crippen LogP contribution in [0.5, 0.6) is 0 Å². The summed E-state index contributed by atoms with van der Waals surface area (Å²) < 4.78 is 5.34. The number of rotatable bonds is 3. The van der Waals surface area contributed by atoms with Gasteiger partial charge >= 0.3 is 0 Å². The van der Waals surface area contributed by atoms with E-state index in [2.05, 4.69) is 0 Å². The summed E-state index contributed by atoms with van der Waals surface area (Å²) in [6.07, 6.45) is 7.89. The highest BCUT2D eigenvalue weighted by atomic mass is 16.5. The van der Waals surface area contributed by atoms with Gasteiger partial charge < -0.3 is 15.4 Å². The highest BCUT2D eigenvalue weighted by Gasteiger charge is 2.41. The summed E-state index contributed by atoms with van der Waals surface area (Å²) in [4.78, 5) is 14.7. The summed E-state index contributed by atoms with van der Waals surface area (Å²) in [5.74, 6) is 0.284. The van der Waals surface area contributed by atoms with E-state index in [1.54, 1.807) is 7.11 Å². The third-order valence-electron chi connectivity index (χ3n) is 4.67. The lowest BCUT2D eigenvalue weighted by atomic mass is 9.79. The predicted molar refractivity (Wildman–Crippen MR) is 71.2 cm³/mol. The molecule has 1 atom stereocenters. The van der Waals surface area contributed by atoms with Gasteiger partial charge in [-0.15, -0.1) is 0 Å². The zero-order valence-electron chi connectivity index (χ0n) is 11.5. The third-order valence-corrected chi connectivity index (χ3v) is 4.67. The number of carbonyl (C=O) groups excluding carboxylic acids is 1. The molecular weight excluding hydrogens is 228 g/mol. The molecule has 0 radical (unpaired) electrons. The van der Waals surface area contributed by atoms with Crippen molar-refractivity contribution in [1.29, 1.82) is 0 Å². The van der Waals surface area contributed by atoms with E-state index in [1.807, 2.05) is 4.90 Å². The minimum Gasteiger partial charge on any atom is -0.380 e. The molecule has 18 heavy (non-hydrogen) atoms. The van der Waals surface area contributed by atoms with Crippen LogP contribution in [0.1, 0.15) is 44.9 Å². The maximum Gasteiger partial charge on any atom is 0.230 e. The lowest BCUT2D eigenvalue weighted by Gasteiger charge is -2.34. The van der Waals surface area contributed by atoms with Gasteiger partial charge in [0, 0.05) is 26.7 Å². The summed E-state index contributed by atoms with van der Waals surface area (Å²) in [5, 5.41) is 0. The Hall–Kier alpha value is -0.610. The molecule has 1 heterocycles. The topological polar surface area (TPSA) is 55.6 Å². The molecule has 0 bridgehead atoms. The van der Waals surface area contributed by atoms with E-state index in [-0.39, 0.29) is 17.4 Å². The van der Waals surface area contributed by atoms with Crippen LogP contribution in [0.15, 0.2) is 0 Å². The monoisotopic (exact) mass is 254 g/mol. The number of methoxy groups -OCH3 is 1. The summed E-state index contributed by atoms with van der Waals surface area (Å²) >= 11 is 0. The van der Waals surface area contributed by atoms with Crippen LogP contribution in [-0.2, 0) is 9.53 Å². The Kier molecular flexibility index (Phi) is 4.62. The fraction of sp³-hybridized carbons (Fsp3) is 0.929. The molecule has 0 aromatic rings. The van der Waals surface area contributed by atoms with Gasteiger partial charge in [0.05, 0.1) is 11.5 Å². The maximum absolute atomic E-state index is 12.8. The van der Waals surface area contributed by atoms with E-state index in [0.717, 1.165) is 45.2 Å². The lowest BCUT2D eigenvalue weighted by molar-refractivity contribution is -0.141. The number of carbonyl (C=O) groups is 1. The molecule has 0 aromatic heterocycles. The third kappa shape index (κ3) is 2.69. The highest BCUT2D eigenvalue weighted by Crippen LogP contribution is 2.36. The van der Waals surface area contributed by atoms with Gasteiger partial charge in [0.2, 0.25) is 5.91 Å². The number of nitrogens with zero attached hydrogens (tertiary/aromatic N) is 1. The average Bonchev–Trinajstić information content (AvgIpc) is 2.75. The Morgan fingerprint density at radius 2 is 2.00 bits per heavy atom. The normalized spacial score (nSPS) is 28.1. The predicted octanol–water partition coefficient (Wildman–Crippen LogP) is 1.53. The molecule has 4 nitrogen and oxygen atoms in total. The molecule has 0 aromatic carbocycles. The number of hydrogen-bond donors (Lipinski definition) is 1. The number of nitrogens with two attached hydrogens (primary N) is 1. The van der Waals surface area contributed by atoms with E-state index in [4.69, 9.17) is 10.5 Å². The van der Waals surface area contributed by atoms with Gasteiger partial charge in [-0.25, -0.2) is 0 Å². The second-order valence-electron chi connectivity index (χ2n) is 5.80. The summed E-state index contributed by atoms with van der Waals surface area (Å²) in [6, 6.07) is 0. The number of amides is 1. The van der Waals surface area contributed by atoms with Crippen molar-refractivity contribution in [3.05, 3.63) is 0 Å². The molecule has 0 spiro atoms. The van der Waals surface area contributed by atoms with Gasteiger partial charge in [-0.3, -0.25) is 4.79 Å². The second kappa shape index (κ2) is 6.02. The first-order valence-electron chi connectivity index (χ1n) is 7.24. The summed E-state index contributed by atoms with van der Waals surface area (Å²) in [7, 11) is 1.73. The van der Waals surface area contributed by atoms with Crippen LogP contribution >= 0.6 is 0 Å². The molecule has 2 aliphatic rings. The molecule has 1 amide bonds. The first kappa shape index (κ1) is 13.8. The van der Waals surface area contributed by atoms with Crippen molar-refractivity contribution >= 4 is 5.91 Å². The first-order valence-corrected chi connectivity index (χ1v) is 7.24. The molecule has 104 valence electrons. The SMILES string of the molecule is COC1CCN(C(=O)C2(CN)CCCCCC2)C1. The molecule has 1 unspecified atom stereocenters. The first-order chi connectivity index (χ1) is 8.72. The summed E-state index contributed by atoms with van der Waals surface area (Å²) in [6.45, 7) is 2.08. The Balaban J connectivity index is 2.04. The van der Waals surface area contributed by atoms with Crippen molar-refractivity contribution in [2.45, 2.75) is 51.0 Å². The van der Waals surface area contributed by atoms with Crippen LogP contribution in [0, 0.1) is 5.41 Å². The Morgan fingerprint density at radius 1 is 1.33 bits per heavy atom. The number of likely N-dealkylation sites (tertiary alicyclic amines) is 1. The molecule has 1 aliphatic carbocycles. The standard InChI is InChI=1S/C14H26N2O2/c1-18-12-6-9-16(10-12)13(17)14(11-15)7-4-2-3-5-8-14/h12H,2-11,15H2,1H3. The molecule has 2 fully saturated rings. The van der Waals surface area contributed by atoms with Crippen LogP contribution in [0.25, 0.3) is 0 Å². The van der Waals surface area contributed by atoms with Gasteiger partial charge in [-0.2, -0.15) is 0 Å². The number of ether oxygens (including phenoxy) is 1. The van der Waals surface area contributed by atoms with Crippen LogP contribution < -0.4 is 5.73 Å². The van der Waals surface area contributed by atoms with E-state index in [9.17, 15) is 4.79 Å². The summed E-state index contributed by atoms with van der Waals surface area (Å²) in [5.41, 5.74) is 5.69. The smallest absolute Gasteiger partial charge is 0.230 e. The molecule has 1 saturated heterocycles. The average molecular weight is 254 g/mol. The van der Waals surface area contributed by atoms with E-state index >= 15 is 0 Å². The van der Waals surface area contributed by atoms with Gasteiger partial charge in [0.1, 0.15) is 0 Å². The van der Waals surface area contributed by atoms with Crippen molar-refractivity contribution in [3.63, 3.8) is 0 Å². The van der Waals surface area contributed by atoms with Crippen LogP contribution in [-0.4, -0.2) is 43.7 Å². The molecular formula is C14H26N2O2. The molecule has 4 heteroatoms. The lowest BCUT2D eigenvalue weighted by Crippen LogP contribution is -2.47. The van der Waals surface area contributed by atoms with Crippen molar-refractivity contribution in [2.24, 2.45) is 11.1 Å². The van der Waals surface area contributed by atoms with Gasteiger partial charge in [0.15, 0.2) is 0 Å². The van der Waals surface area contributed by atoms with Crippen LogP contribution in [0.2, 0.25) is 0 Å². The highest BCUT2D eigenvalue weighted by molar-refractivity contribution is 5.83. The minimum atomic E-state index is -0.279. The Morgan fingerprint density at radius 3 is 2.50 bits per heavy atom. The zero-order chi connectivity index (χ0) is 13.0. The molecule has 1 aliphatic heterocycles. The second-order valence-corrected chi connectivity index (χ2v) is 5.80. The van der Waals surface area contributed by atoms with Gasteiger partial charge in [0.25, 0.3) is 0 Å². The molecule has 1 saturated carbocycles. The van der Waals surface area contributed by atoms with Crippen LogP contribution in [0.3, 0.4) is 0 Å². The number of hydrogen-bond acceptors (Lipinski definition) is 3. The van der Waals surface area contributed by atoms with Crippen LogP contribution in [0.4, 0.5) is 0 Å². The largest absolute Gasteiger partial charge is 0.380 e.